The summed E-state index contributed by atoms with van der Waals surface area (Å²) in [7, 11) is 0. The van der Waals surface area contributed by atoms with Crippen molar-refractivity contribution >= 4 is 33.4 Å². The zero-order valence-electron chi connectivity index (χ0n) is 23.3. The van der Waals surface area contributed by atoms with Gasteiger partial charge in [0.25, 0.3) is 5.91 Å². The largest absolute Gasteiger partial charge is 0.490 e. The lowest BCUT2D eigenvalue weighted by Gasteiger charge is -2.49. The molecule has 206 valence electrons. The number of hydrogen-bond donors (Lipinski definition) is 1. The predicted molar refractivity (Wildman–Crippen MR) is 150 cm³/mol. The molecule has 0 atom stereocenters. The molecule has 38 heavy (non-hydrogen) atoms. The molecule has 4 rings (SSSR count). The summed E-state index contributed by atoms with van der Waals surface area (Å²) in [6.45, 7) is 13.4. The molecule has 0 spiro atoms. The Hall–Kier alpha value is -2.61. The number of halogens is 1. The van der Waals surface area contributed by atoms with E-state index in [0.29, 0.717) is 35.4 Å². The molecule has 0 bridgehead atoms. The molecule has 1 aromatic rings. The number of allylic oxidation sites excluding steroid dienone is 4. The fraction of sp³-hybridized carbons (Fsp3) is 0.567. The molecule has 3 aliphatic rings. The number of hydrogen-bond acceptors (Lipinski definition) is 6. The van der Waals surface area contributed by atoms with Crippen molar-refractivity contribution in [2.24, 2.45) is 16.6 Å². The van der Waals surface area contributed by atoms with Crippen molar-refractivity contribution < 1.29 is 23.9 Å². The molecule has 1 aromatic carbocycles. The number of nitrogens with two attached hydrogens (primary N) is 1. The van der Waals surface area contributed by atoms with E-state index in [1.807, 2.05) is 19.1 Å². The molecular weight excluding hydrogens is 548 g/mol. The van der Waals surface area contributed by atoms with Crippen LogP contribution in [-0.4, -0.2) is 42.1 Å². The lowest BCUT2D eigenvalue weighted by Crippen LogP contribution is -2.44. The Morgan fingerprint density at radius 3 is 2.00 bits per heavy atom. The van der Waals surface area contributed by atoms with Crippen LogP contribution in [0, 0.1) is 10.8 Å². The smallest absolute Gasteiger partial charge is 0.255 e. The summed E-state index contributed by atoms with van der Waals surface area (Å²) in [5.41, 5.74) is 9.32. The van der Waals surface area contributed by atoms with Gasteiger partial charge >= 0.3 is 0 Å². The quantitative estimate of drug-likeness (QED) is 0.413. The third kappa shape index (κ3) is 5.42. The highest BCUT2D eigenvalue weighted by molar-refractivity contribution is 9.10. The molecule has 2 aliphatic carbocycles. The van der Waals surface area contributed by atoms with Gasteiger partial charge in [-0.15, -0.1) is 0 Å². The van der Waals surface area contributed by atoms with Crippen molar-refractivity contribution in [3.63, 3.8) is 0 Å². The van der Waals surface area contributed by atoms with Gasteiger partial charge in [0.15, 0.2) is 29.7 Å². The Balaban J connectivity index is 1.98. The van der Waals surface area contributed by atoms with Crippen LogP contribution in [0.4, 0.5) is 0 Å². The Morgan fingerprint density at radius 2 is 1.53 bits per heavy atom. The minimum Gasteiger partial charge on any atom is -0.490 e. The highest BCUT2D eigenvalue weighted by Gasteiger charge is 2.49. The van der Waals surface area contributed by atoms with Crippen LogP contribution in [0.15, 0.2) is 39.1 Å². The molecule has 0 radical (unpaired) electrons. The number of benzene rings is 1. The summed E-state index contributed by atoms with van der Waals surface area (Å²) in [4.78, 5) is 41.5. The summed E-state index contributed by atoms with van der Waals surface area (Å²) < 4.78 is 12.2. The van der Waals surface area contributed by atoms with E-state index in [2.05, 4.69) is 55.4 Å². The number of amides is 1. The minimum absolute atomic E-state index is 0.0923. The van der Waals surface area contributed by atoms with E-state index in [-0.39, 0.29) is 29.0 Å². The Kier molecular flexibility index (Phi) is 7.86. The van der Waals surface area contributed by atoms with Crippen molar-refractivity contribution in [1.29, 1.82) is 0 Å². The van der Waals surface area contributed by atoms with Gasteiger partial charge in [-0.25, -0.2) is 0 Å². The Morgan fingerprint density at radius 1 is 0.974 bits per heavy atom. The molecule has 0 saturated carbocycles. The van der Waals surface area contributed by atoms with Crippen molar-refractivity contribution in [3.05, 3.63) is 44.7 Å². The van der Waals surface area contributed by atoms with Gasteiger partial charge in [-0.3, -0.25) is 14.4 Å². The van der Waals surface area contributed by atoms with E-state index in [0.717, 1.165) is 53.9 Å². The highest BCUT2D eigenvalue weighted by Crippen LogP contribution is 2.55. The second kappa shape index (κ2) is 10.5. The first kappa shape index (κ1) is 28.4. The SMILES string of the molecule is CCCN1C2=C(C(=O)CC(C)(C)C2)C(c2cc(Br)c(OCC(N)=O)c(OCC)c2)C2=C1CC(C)(C)CC2=O. The van der Waals surface area contributed by atoms with E-state index in [1.54, 1.807) is 0 Å². The molecule has 8 heteroatoms. The van der Waals surface area contributed by atoms with Crippen LogP contribution in [0.3, 0.4) is 0 Å². The van der Waals surface area contributed by atoms with Gasteiger partial charge in [0.2, 0.25) is 0 Å². The monoisotopic (exact) mass is 586 g/mol. The van der Waals surface area contributed by atoms with Crippen LogP contribution in [0.25, 0.3) is 0 Å². The Labute approximate surface area is 233 Å². The van der Waals surface area contributed by atoms with E-state index in [9.17, 15) is 14.4 Å². The zero-order valence-corrected chi connectivity index (χ0v) is 24.9. The van der Waals surface area contributed by atoms with Crippen LogP contribution >= 0.6 is 15.9 Å². The van der Waals surface area contributed by atoms with E-state index in [4.69, 9.17) is 15.2 Å². The van der Waals surface area contributed by atoms with Crippen LogP contribution < -0.4 is 15.2 Å². The van der Waals surface area contributed by atoms with E-state index in [1.165, 1.54) is 0 Å². The van der Waals surface area contributed by atoms with Gasteiger partial charge in [0, 0.05) is 47.8 Å². The third-order valence-corrected chi connectivity index (χ3v) is 8.08. The number of carbonyl (C=O) groups is 3. The molecule has 1 aliphatic heterocycles. The lowest BCUT2D eigenvalue weighted by atomic mass is 9.63. The predicted octanol–water partition coefficient (Wildman–Crippen LogP) is 5.81. The molecule has 2 N–H and O–H groups in total. The van der Waals surface area contributed by atoms with Crippen molar-refractivity contribution in [1.82, 2.24) is 4.90 Å². The average molecular weight is 588 g/mol. The standard InChI is InChI=1S/C30H39BrN2O5/c1-7-9-33-19-12-29(3,4)14-21(34)26(19)25(27-20(33)13-30(5,6)15-22(27)35)17-10-18(31)28(38-16-24(32)36)23(11-17)37-8-2/h10-11,25H,7-9,12-16H2,1-6H3,(H2,32,36). The second-order valence-electron chi connectivity index (χ2n) is 12.2. The van der Waals surface area contributed by atoms with Crippen LogP contribution in [0.1, 0.15) is 85.1 Å². The van der Waals surface area contributed by atoms with Gasteiger partial charge in [-0.2, -0.15) is 0 Å². The minimum atomic E-state index is -0.595. The maximum absolute atomic E-state index is 13.9. The molecule has 0 saturated heterocycles. The normalized spacial score (nSPS) is 20.9. The molecule has 1 heterocycles. The van der Waals surface area contributed by atoms with Crippen molar-refractivity contribution in [2.75, 3.05) is 19.8 Å². The fourth-order valence-electron chi connectivity index (χ4n) is 6.18. The summed E-state index contributed by atoms with van der Waals surface area (Å²) in [5.74, 6) is -0.0912. The van der Waals surface area contributed by atoms with E-state index >= 15 is 0 Å². The molecule has 7 nitrogen and oxygen atoms in total. The maximum Gasteiger partial charge on any atom is 0.255 e. The number of ketones is 2. The van der Waals surface area contributed by atoms with Gasteiger partial charge in [-0.1, -0.05) is 34.6 Å². The summed E-state index contributed by atoms with van der Waals surface area (Å²) in [6.07, 6.45) is 3.33. The molecule has 0 unspecified atom stereocenters. The second-order valence-corrected chi connectivity index (χ2v) is 13.1. The van der Waals surface area contributed by atoms with E-state index < -0.39 is 11.8 Å². The van der Waals surface area contributed by atoms with Crippen LogP contribution in [0.5, 0.6) is 11.5 Å². The first-order valence-electron chi connectivity index (χ1n) is 13.5. The van der Waals surface area contributed by atoms with Crippen LogP contribution in [0.2, 0.25) is 0 Å². The molecule has 1 amide bonds. The fourth-order valence-corrected chi connectivity index (χ4v) is 6.75. The number of carbonyl (C=O) groups excluding carboxylic acids is 3. The summed E-state index contributed by atoms with van der Waals surface area (Å²) in [6, 6.07) is 3.73. The first-order chi connectivity index (χ1) is 17.8. The van der Waals surface area contributed by atoms with Crippen molar-refractivity contribution in [2.45, 2.75) is 79.6 Å². The maximum atomic E-state index is 13.9. The number of primary amides is 1. The third-order valence-electron chi connectivity index (χ3n) is 7.49. The van der Waals surface area contributed by atoms with Gasteiger partial charge < -0.3 is 20.1 Å². The van der Waals surface area contributed by atoms with Crippen LogP contribution in [-0.2, 0) is 14.4 Å². The van der Waals surface area contributed by atoms with Gasteiger partial charge in [0.05, 0.1) is 11.1 Å². The summed E-state index contributed by atoms with van der Waals surface area (Å²) in [5, 5.41) is 0. The number of nitrogens with zero attached hydrogens (tertiary/aromatic N) is 1. The van der Waals surface area contributed by atoms with Gasteiger partial charge in [0.1, 0.15) is 0 Å². The molecule has 0 aromatic heterocycles. The molecule has 0 fully saturated rings. The van der Waals surface area contributed by atoms with Crippen molar-refractivity contribution in [3.8, 4) is 11.5 Å². The number of rotatable bonds is 8. The first-order valence-corrected chi connectivity index (χ1v) is 14.2. The number of Topliss-reactive ketones (excluding diaryl/α,β-unsaturated/α-hetero) is 2. The topological polar surface area (TPSA) is 98.9 Å². The lowest BCUT2D eigenvalue weighted by molar-refractivity contribution is -0.121. The summed E-state index contributed by atoms with van der Waals surface area (Å²) >= 11 is 3.59. The Bertz CT molecular complexity index is 1190. The molecular formula is C30H39BrN2O5. The zero-order chi connectivity index (χ0) is 28.0. The highest BCUT2D eigenvalue weighted by atomic mass is 79.9. The van der Waals surface area contributed by atoms with Gasteiger partial charge in [-0.05, 0) is 70.6 Å². The average Bonchev–Trinajstić information content (AvgIpc) is 2.77. The number of ether oxygens (including phenoxy) is 2.